The minimum atomic E-state index is -0.842. The van der Waals surface area contributed by atoms with E-state index < -0.39 is 12.1 Å². The summed E-state index contributed by atoms with van der Waals surface area (Å²) in [5, 5.41) is 2.74. The second-order valence-electron chi connectivity index (χ2n) is 6.08. The summed E-state index contributed by atoms with van der Waals surface area (Å²) < 4.78 is 5.23. The molecule has 0 saturated heterocycles. The highest BCUT2D eigenvalue weighted by Gasteiger charge is 2.18. The Morgan fingerprint density at radius 2 is 1.67 bits per heavy atom. The highest BCUT2D eigenvalue weighted by atomic mass is 16.5. The fourth-order valence-corrected chi connectivity index (χ4v) is 2.25. The van der Waals surface area contributed by atoms with Gasteiger partial charge in [-0.1, -0.05) is 35.9 Å². The van der Waals surface area contributed by atoms with Crippen LogP contribution in [0.1, 0.15) is 29.2 Å². The largest absolute Gasteiger partial charge is 0.452 e. The number of carbonyl (C=O) groups is 2. The maximum atomic E-state index is 12.1. The minimum absolute atomic E-state index is 0.156. The van der Waals surface area contributed by atoms with Crippen molar-refractivity contribution in [2.75, 3.05) is 5.32 Å². The number of anilines is 1. The van der Waals surface area contributed by atoms with Gasteiger partial charge >= 0.3 is 5.97 Å². The van der Waals surface area contributed by atoms with Crippen LogP contribution in [0.15, 0.2) is 42.5 Å². The van der Waals surface area contributed by atoms with E-state index >= 15 is 0 Å². The molecule has 1 N–H and O–H groups in total. The molecule has 1 amide bonds. The summed E-state index contributed by atoms with van der Waals surface area (Å²) in [6, 6.07) is 13.3. The SMILES string of the molecule is Cc1ccc(NC(=O)[C@H](C)OC(=O)Cc2ccc(C)c(C)c2)cc1. The van der Waals surface area contributed by atoms with Crippen molar-refractivity contribution in [1.82, 2.24) is 0 Å². The number of rotatable bonds is 5. The molecule has 0 saturated carbocycles. The van der Waals surface area contributed by atoms with E-state index in [2.05, 4.69) is 5.32 Å². The maximum absolute atomic E-state index is 12.1. The molecule has 126 valence electrons. The highest BCUT2D eigenvalue weighted by molar-refractivity contribution is 5.95. The molecule has 24 heavy (non-hydrogen) atoms. The first-order valence-corrected chi connectivity index (χ1v) is 7.98. The van der Waals surface area contributed by atoms with Crippen molar-refractivity contribution in [1.29, 1.82) is 0 Å². The molecule has 1 atom stereocenters. The number of nitrogens with one attached hydrogen (secondary N) is 1. The molecule has 0 aliphatic heterocycles. The lowest BCUT2D eigenvalue weighted by Gasteiger charge is -2.14. The zero-order valence-corrected chi connectivity index (χ0v) is 14.6. The second-order valence-corrected chi connectivity index (χ2v) is 6.08. The molecule has 4 heteroatoms. The summed E-state index contributed by atoms with van der Waals surface area (Å²) >= 11 is 0. The van der Waals surface area contributed by atoms with Crippen molar-refractivity contribution in [3.05, 3.63) is 64.7 Å². The van der Waals surface area contributed by atoms with E-state index in [0.717, 1.165) is 16.7 Å². The van der Waals surface area contributed by atoms with Crippen LogP contribution in [0.25, 0.3) is 0 Å². The average Bonchev–Trinajstić information content (AvgIpc) is 2.53. The summed E-state index contributed by atoms with van der Waals surface area (Å²) in [6.45, 7) is 7.57. The van der Waals surface area contributed by atoms with Crippen molar-refractivity contribution in [3.63, 3.8) is 0 Å². The zero-order chi connectivity index (χ0) is 17.7. The first-order valence-electron chi connectivity index (χ1n) is 7.98. The number of aryl methyl sites for hydroxylation is 3. The number of hydrogen-bond donors (Lipinski definition) is 1. The normalized spacial score (nSPS) is 11.7. The van der Waals surface area contributed by atoms with Crippen LogP contribution in [0.4, 0.5) is 5.69 Å². The Morgan fingerprint density at radius 1 is 1.00 bits per heavy atom. The van der Waals surface area contributed by atoms with Gasteiger partial charge in [0, 0.05) is 5.69 Å². The third-order valence-electron chi connectivity index (χ3n) is 3.92. The number of amides is 1. The molecule has 2 rings (SSSR count). The van der Waals surface area contributed by atoms with Gasteiger partial charge in [0.25, 0.3) is 5.91 Å². The Balaban J connectivity index is 1.89. The van der Waals surface area contributed by atoms with Gasteiger partial charge in [0.2, 0.25) is 0 Å². The van der Waals surface area contributed by atoms with Crippen LogP contribution in [-0.4, -0.2) is 18.0 Å². The Kier molecular flexibility index (Phi) is 5.74. The topological polar surface area (TPSA) is 55.4 Å². The predicted molar refractivity (Wildman–Crippen MR) is 95.0 cm³/mol. The third kappa shape index (κ3) is 4.95. The zero-order valence-electron chi connectivity index (χ0n) is 14.6. The molecule has 2 aromatic carbocycles. The highest BCUT2D eigenvalue weighted by Crippen LogP contribution is 2.12. The second kappa shape index (κ2) is 7.77. The van der Waals surface area contributed by atoms with E-state index in [1.807, 2.05) is 63.2 Å². The molecule has 0 radical (unpaired) electrons. The summed E-state index contributed by atoms with van der Waals surface area (Å²) in [5.41, 5.74) is 4.99. The van der Waals surface area contributed by atoms with Crippen LogP contribution in [0, 0.1) is 20.8 Å². The van der Waals surface area contributed by atoms with Gasteiger partial charge in [-0.2, -0.15) is 0 Å². The van der Waals surface area contributed by atoms with Crippen LogP contribution in [-0.2, 0) is 20.7 Å². The van der Waals surface area contributed by atoms with Crippen molar-refractivity contribution < 1.29 is 14.3 Å². The van der Waals surface area contributed by atoms with Crippen LogP contribution in [0.2, 0.25) is 0 Å². The van der Waals surface area contributed by atoms with E-state index in [9.17, 15) is 9.59 Å². The molecule has 0 aliphatic carbocycles. The van der Waals surface area contributed by atoms with Gasteiger partial charge in [-0.3, -0.25) is 9.59 Å². The number of esters is 1. The van der Waals surface area contributed by atoms with E-state index in [1.54, 1.807) is 6.92 Å². The van der Waals surface area contributed by atoms with E-state index in [4.69, 9.17) is 4.74 Å². The van der Waals surface area contributed by atoms with Crippen molar-refractivity contribution in [2.24, 2.45) is 0 Å². The first kappa shape index (κ1) is 17.7. The van der Waals surface area contributed by atoms with Gasteiger partial charge in [-0.25, -0.2) is 0 Å². The Morgan fingerprint density at radius 3 is 2.29 bits per heavy atom. The molecule has 4 nitrogen and oxygen atoms in total. The number of ether oxygens (including phenoxy) is 1. The molecule has 0 aromatic heterocycles. The van der Waals surface area contributed by atoms with Crippen LogP contribution in [0.3, 0.4) is 0 Å². The van der Waals surface area contributed by atoms with Crippen molar-refractivity contribution in [3.8, 4) is 0 Å². The third-order valence-corrected chi connectivity index (χ3v) is 3.92. The molecule has 0 bridgehead atoms. The van der Waals surface area contributed by atoms with Gasteiger partial charge in [-0.05, 0) is 56.5 Å². The fraction of sp³-hybridized carbons (Fsp3) is 0.300. The lowest BCUT2D eigenvalue weighted by atomic mass is 10.0. The molecule has 0 heterocycles. The summed E-state index contributed by atoms with van der Waals surface area (Å²) in [7, 11) is 0. The molecular weight excluding hydrogens is 302 g/mol. The van der Waals surface area contributed by atoms with Gasteiger partial charge < -0.3 is 10.1 Å². The number of benzene rings is 2. The van der Waals surface area contributed by atoms with Gasteiger partial charge in [0.05, 0.1) is 6.42 Å². The van der Waals surface area contributed by atoms with Gasteiger partial charge in [0.15, 0.2) is 6.10 Å². The Labute approximate surface area is 142 Å². The average molecular weight is 325 g/mol. The summed E-state index contributed by atoms with van der Waals surface area (Å²) in [4.78, 5) is 24.1. The number of hydrogen-bond acceptors (Lipinski definition) is 3. The van der Waals surface area contributed by atoms with Crippen molar-refractivity contribution in [2.45, 2.75) is 40.2 Å². The van der Waals surface area contributed by atoms with Crippen LogP contribution >= 0.6 is 0 Å². The fourth-order valence-electron chi connectivity index (χ4n) is 2.25. The maximum Gasteiger partial charge on any atom is 0.311 e. The standard InChI is InChI=1S/C20H23NO3/c1-13-5-9-18(10-6-13)21-20(23)16(4)24-19(22)12-17-8-7-14(2)15(3)11-17/h5-11,16H,12H2,1-4H3,(H,21,23)/t16-/m0/s1. The molecule has 2 aromatic rings. The summed E-state index contributed by atoms with van der Waals surface area (Å²) in [5.74, 6) is -0.753. The molecule has 0 fully saturated rings. The van der Waals surface area contributed by atoms with Gasteiger partial charge in [0.1, 0.15) is 0 Å². The monoisotopic (exact) mass is 325 g/mol. The minimum Gasteiger partial charge on any atom is -0.452 e. The lowest BCUT2D eigenvalue weighted by molar-refractivity contribution is -0.152. The Bertz CT molecular complexity index is 735. The van der Waals surface area contributed by atoms with E-state index in [0.29, 0.717) is 5.69 Å². The smallest absolute Gasteiger partial charge is 0.311 e. The molecule has 0 aliphatic rings. The Hall–Kier alpha value is -2.62. The molecule has 0 unspecified atom stereocenters. The summed E-state index contributed by atoms with van der Waals surface area (Å²) in [6.07, 6.45) is -0.686. The van der Waals surface area contributed by atoms with Crippen LogP contribution in [0.5, 0.6) is 0 Å². The number of carbonyl (C=O) groups excluding carboxylic acids is 2. The quantitative estimate of drug-likeness (QED) is 0.852. The van der Waals surface area contributed by atoms with Crippen LogP contribution < -0.4 is 5.32 Å². The van der Waals surface area contributed by atoms with E-state index in [1.165, 1.54) is 5.56 Å². The molecular formula is C20H23NO3. The first-order chi connectivity index (χ1) is 11.3. The van der Waals surface area contributed by atoms with E-state index in [-0.39, 0.29) is 12.3 Å². The molecule has 0 spiro atoms. The van der Waals surface area contributed by atoms with Crippen molar-refractivity contribution >= 4 is 17.6 Å². The lowest BCUT2D eigenvalue weighted by Crippen LogP contribution is -2.30. The van der Waals surface area contributed by atoms with Gasteiger partial charge in [-0.15, -0.1) is 0 Å². The predicted octanol–water partition coefficient (Wildman–Crippen LogP) is 3.72.